The number of hydrogen-bond acceptors (Lipinski definition) is 4. The van der Waals surface area contributed by atoms with Crippen LogP contribution in [0.25, 0.3) is 0 Å². The summed E-state index contributed by atoms with van der Waals surface area (Å²) in [7, 11) is 1.63. The number of ether oxygens (including phenoxy) is 1. The van der Waals surface area contributed by atoms with Crippen LogP contribution in [0.5, 0.6) is 0 Å². The van der Waals surface area contributed by atoms with Crippen LogP contribution >= 0.6 is 11.8 Å². The lowest BCUT2D eigenvalue weighted by atomic mass is 10.3. The summed E-state index contributed by atoms with van der Waals surface area (Å²) < 4.78 is 7.14. The minimum absolute atomic E-state index is 0.0231. The predicted molar refractivity (Wildman–Crippen MR) is 70.7 cm³/mol. The third-order valence-electron chi connectivity index (χ3n) is 2.73. The Balaban J connectivity index is 1.76. The lowest BCUT2D eigenvalue weighted by Crippen LogP contribution is -2.36. The summed E-state index contributed by atoms with van der Waals surface area (Å²) in [6.07, 6.45) is 6.24. The smallest absolute Gasteiger partial charge is 0.230 e. The Labute approximate surface area is 111 Å². The van der Waals surface area contributed by atoms with Crippen molar-refractivity contribution in [2.75, 3.05) is 19.5 Å². The molecule has 100 valence electrons. The molecule has 0 bridgehead atoms. The number of carbonyl (C=O) groups excluding carboxylic acids is 1. The van der Waals surface area contributed by atoms with Crippen LogP contribution < -0.4 is 5.32 Å². The monoisotopic (exact) mass is 269 g/mol. The van der Waals surface area contributed by atoms with Gasteiger partial charge in [0, 0.05) is 31.6 Å². The van der Waals surface area contributed by atoms with Crippen molar-refractivity contribution in [1.82, 2.24) is 14.9 Å². The summed E-state index contributed by atoms with van der Waals surface area (Å²) in [5, 5.41) is 3.82. The molecule has 1 amide bonds. The third-order valence-corrected chi connectivity index (χ3v) is 3.71. The van der Waals surface area contributed by atoms with Crippen molar-refractivity contribution in [3.05, 3.63) is 12.4 Å². The summed E-state index contributed by atoms with van der Waals surface area (Å²) in [6.45, 7) is 2.46. The average Bonchev–Trinajstić information content (AvgIpc) is 3.06. The molecule has 0 radical (unpaired) electrons. The fourth-order valence-electron chi connectivity index (χ4n) is 1.78. The summed E-state index contributed by atoms with van der Waals surface area (Å²) in [4.78, 5) is 16.0. The van der Waals surface area contributed by atoms with Crippen LogP contribution in [0, 0.1) is 0 Å². The second-order valence-electron chi connectivity index (χ2n) is 4.56. The van der Waals surface area contributed by atoms with Crippen LogP contribution in [-0.2, 0) is 9.53 Å². The van der Waals surface area contributed by atoms with Gasteiger partial charge in [-0.2, -0.15) is 0 Å². The Morgan fingerprint density at radius 2 is 2.50 bits per heavy atom. The van der Waals surface area contributed by atoms with E-state index in [1.54, 1.807) is 13.3 Å². The van der Waals surface area contributed by atoms with Crippen LogP contribution in [0.3, 0.4) is 0 Å². The summed E-state index contributed by atoms with van der Waals surface area (Å²) in [5.74, 6) is 0.424. The van der Waals surface area contributed by atoms with Gasteiger partial charge >= 0.3 is 0 Å². The molecule has 1 heterocycles. The lowest BCUT2D eigenvalue weighted by Gasteiger charge is -2.12. The first-order valence-corrected chi connectivity index (χ1v) is 7.13. The number of methoxy groups -OCH3 is 1. The fraction of sp³-hybridized carbons (Fsp3) is 0.667. The van der Waals surface area contributed by atoms with Gasteiger partial charge < -0.3 is 14.6 Å². The van der Waals surface area contributed by atoms with E-state index in [1.807, 2.05) is 13.1 Å². The van der Waals surface area contributed by atoms with Gasteiger partial charge in [0.25, 0.3) is 0 Å². The Bertz CT molecular complexity index is 404. The van der Waals surface area contributed by atoms with E-state index in [9.17, 15) is 4.79 Å². The maximum atomic E-state index is 11.7. The Morgan fingerprint density at radius 3 is 3.17 bits per heavy atom. The molecule has 1 unspecified atom stereocenters. The molecule has 1 aliphatic carbocycles. The molecule has 1 aromatic heterocycles. The summed E-state index contributed by atoms with van der Waals surface area (Å²) in [6, 6.07) is 0.650. The molecule has 6 heteroatoms. The first-order valence-electron chi connectivity index (χ1n) is 6.14. The molecule has 5 nitrogen and oxygen atoms in total. The number of amides is 1. The molecule has 1 atom stereocenters. The number of nitrogens with one attached hydrogen (secondary N) is 1. The minimum atomic E-state index is 0.0231. The Kier molecular flexibility index (Phi) is 4.66. The van der Waals surface area contributed by atoms with Crippen LogP contribution in [0.2, 0.25) is 0 Å². The number of aromatic nitrogens is 2. The van der Waals surface area contributed by atoms with E-state index in [4.69, 9.17) is 4.74 Å². The quantitative estimate of drug-likeness (QED) is 0.761. The van der Waals surface area contributed by atoms with E-state index in [0.29, 0.717) is 18.4 Å². The van der Waals surface area contributed by atoms with Crippen LogP contribution in [-0.4, -0.2) is 41.0 Å². The fourth-order valence-corrected chi connectivity index (χ4v) is 2.62. The zero-order valence-electron chi connectivity index (χ0n) is 10.8. The van der Waals surface area contributed by atoms with Crippen LogP contribution in [0.15, 0.2) is 17.6 Å². The van der Waals surface area contributed by atoms with Crippen molar-refractivity contribution in [2.24, 2.45) is 0 Å². The number of nitrogens with zero attached hydrogens (tertiary/aromatic N) is 2. The number of hydrogen-bond donors (Lipinski definition) is 1. The van der Waals surface area contributed by atoms with Gasteiger partial charge in [-0.05, 0) is 19.8 Å². The Hall–Kier alpha value is -1.01. The van der Waals surface area contributed by atoms with Gasteiger partial charge in [0.05, 0.1) is 12.4 Å². The SMILES string of the molecule is COCC(C)NC(=O)CSc1nccn1C1CC1. The molecule has 1 aromatic rings. The number of carbonyl (C=O) groups is 1. The van der Waals surface area contributed by atoms with Crippen LogP contribution in [0.4, 0.5) is 0 Å². The van der Waals surface area contributed by atoms with Crippen molar-refractivity contribution in [2.45, 2.75) is 37.0 Å². The zero-order valence-corrected chi connectivity index (χ0v) is 11.6. The van der Waals surface area contributed by atoms with Crippen molar-refractivity contribution in [3.63, 3.8) is 0 Å². The topological polar surface area (TPSA) is 56.1 Å². The summed E-state index contributed by atoms with van der Waals surface area (Å²) in [5.41, 5.74) is 0. The number of rotatable bonds is 7. The van der Waals surface area contributed by atoms with E-state index in [-0.39, 0.29) is 11.9 Å². The zero-order chi connectivity index (χ0) is 13.0. The van der Waals surface area contributed by atoms with Crippen molar-refractivity contribution in [1.29, 1.82) is 0 Å². The molecule has 1 N–H and O–H groups in total. The van der Waals surface area contributed by atoms with Gasteiger partial charge in [0.15, 0.2) is 5.16 Å². The molecule has 0 aliphatic heterocycles. The first-order chi connectivity index (χ1) is 8.70. The maximum Gasteiger partial charge on any atom is 0.230 e. The highest BCUT2D eigenvalue weighted by Gasteiger charge is 2.25. The van der Waals surface area contributed by atoms with Gasteiger partial charge in [0.2, 0.25) is 5.91 Å². The highest BCUT2D eigenvalue weighted by molar-refractivity contribution is 7.99. The molecule has 0 saturated heterocycles. The van der Waals surface area contributed by atoms with E-state index in [1.165, 1.54) is 24.6 Å². The van der Waals surface area contributed by atoms with Gasteiger partial charge in [0.1, 0.15) is 0 Å². The van der Waals surface area contributed by atoms with E-state index in [0.717, 1.165) is 5.16 Å². The van der Waals surface area contributed by atoms with Gasteiger partial charge in [-0.3, -0.25) is 4.79 Å². The third kappa shape index (κ3) is 3.74. The van der Waals surface area contributed by atoms with Crippen molar-refractivity contribution < 1.29 is 9.53 Å². The second-order valence-corrected chi connectivity index (χ2v) is 5.50. The van der Waals surface area contributed by atoms with E-state index >= 15 is 0 Å². The molecule has 1 aliphatic rings. The van der Waals surface area contributed by atoms with Gasteiger partial charge in [-0.1, -0.05) is 11.8 Å². The maximum absolute atomic E-state index is 11.7. The van der Waals surface area contributed by atoms with Gasteiger partial charge in [-0.15, -0.1) is 0 Å². The predicted octanol–water partition coefficient (Wildman–Crippen LogP) is 1.46. The number of imidazole rings is 1. The Morgan fingerprint density at radius 1 is 1.72 bits per heavy atom. The van der Waals surface area contributed by atoms with Crippen LogP contribution in [0.1, 0.15) is 25.8 Å². The minimum Gasteiger partial charge on any atom is -0.383 e. The largest absolute Gasteiger partial charge is 0.383 e. The molecule has 18 heavy (non-hydrogen) atoms. The van der Waals surface area contributed by atoms with Crippen molar-refractivity contribution in [3.8, 4) is 0 Å². The second kappa shape index (κ2) is 6.24. The normalized spacial score (nSPS) is 16.6. The molecule has 1 saturated carbocycles. The highest BCUT2D eigenvalue weighted by Crippen LogP contribution is 2.37. The molecule has 2 rings (SSSR count). The highest BCUT2D eigenvalue weighted by atomic mass is 32.2. The molecule has 0 spiro atoms. The lowest BCUT2D eigenvalue weighted by molar-refractivity contribution is -0.119. The molecular formula is C12H19N3O2S. The first kappa shape index (κ1) is 13.4. The molecule has 0 aromatic carbocycles. The standard InChI is InChI=1S/C12H19N3O2S/c1-9(7-17-2)14-11(16)8-18-12-13-5-6-15(12)10-3-4-10/h5-6,9-10H,3-4,7-8H2,1-2H3,(H,14,16). The average molecular weight is 269 g/mol. The van der Waals surface area contributed by atoms with E-state index in [2.05, 4.69) is 14.9 Å². The summed E-state index contributed by atoms with van der Waals surface area (Å²) >= 11 is 1.49. The van der Waals surface area contributed by atoms with Gasteiger partial charge in [-0.25, -0.2) is 4.98 Å². The molecule has 1 fully saturated rings. The molecular weight excluding hydrogens is 250 g/mol. The van der Waals surface area contributed by atoms with E-state index < -0.39 is 0 Å². The van der Waals surface area contributed by atoms with Crippen molar-refractivity contribution >= 4 is 17.7 Å². The number of thioether (sulfide) groups is 1.